The molecule has 1 saturated heterocycles. The molecule has 0 aromatic carbocycles. The minimum Gasteiger partial charge on any atom is -0.444 e. The summed E-state index contributed by atoms with van der Waals surface area (Å²) in [6.45, 7) is 13.2. The van der Waals surface area contributed by atoms with Crippen molar-refractivity contribution in [3.05, 3.63) is 0 Å². The Balaban J connectivity index is 2.75. The van der Waals surface area contributed by atoms with Crippen LogP contribution in [-0.4, -0.2) is 59.1 Å². The molecule has 6 nitrogen and oxygen atoms in total. The molecule has 6 heteroatoms. The molecule has 0 radical (unpaired) electrons. The number of ether oxygens (including phenoxy) is 1. The number of carbonyl (C=O) groups excluding carboxylic acids is 2. The predicted octanol–water partition coefficient (Wildman–Crippen LogP) is 2.22. The van der Waals surface area contributed by atoms with Crippen LogP contribution in [0.3, 0.4) is 0 Å². The SMILES string of the molecule is CCN(C(=O)OC(C)(C)C)[C@@H]1CCCN(C(=O)[C@@H](N)C(C)C)C1. The Morgan fingerprint density at radius 1 is 1.35 bits per heavy atom. The van der Waals surface area contributed by atoms with Gasteiger partial charge in [-0.15, -0.1) is 0 Å². The number of likely N-dealkylation sites (tertiary alicyclic amines) is 1. The van der Waals surface area contributed by atoms with E-state index in [0.29, 0.717) is 19.6 Å². The average Bonchev–Trinajstić information content (AvgIpc) is 2.44. The number of rotatable bonds is 4. The summed E-state index contributed by atoms with van der Waals surface area (Å²) in [4.78, 5) is 28.4. The Labute approximate surface area is 140 Å². The van der Waals surface area contributed by atoms with Crippen molar-refractivity contribution in [2.45, 2.75) is 72.1 Å². The lowest BCUT2D eigenvalue weighted by Crippen LogP contribution is -2.56. The molecule has 0 bridgehead atoms. The number of hydrogen-bond acceptors (Lipinski definition) is 4. The highest BCUT2D eigenvalue weighted by molar-refractivity contribution is 5.82. The van der Waals surface area contributed by atoms with Crippen LogP contribution in [0.4, 0.5) is 4.79 Å². The minimum atomic E-state index is -0.519. The van der Waals surface area contributed by atoms with Gasteiger partial charge in [0.2, 0.25) is 5.91 Å². The summed E-state index contributed by atoms with van der Waals surface area (Å²) in [6, 6.07) is -0.489. The molecule has 2 amide bonds. The standard InChI is InChI=1S/C17H33N3O3/c1-7-20(16(22)23-17(4,5)6)13-9-8-10-19(11-13)15(21)14(18)12(2)3/h12-14H,7-11,18H2,1-6H3/t13-,14+/m1/s1. The van der Waals surface area contributed by atoms with Crippen LogP contribution < -0.4 is 5.73 Å². The van der Waals surface area contributed by atoms with Crippen molar-refractivity contribution in [3.8, 4) is 0 Å². The summed E-state index contributed by atoms with van der Waals surface area (Å²) in [6.07, 6.45) is 1.45. The summed E-state index contributed by atoms with van der Waals surface area (Å²) in [5.41, 5.74) is 5.47. The second-order valence-corrected chi connectivity index (χ2v) is 7.62. The van der Waals surface area contributed by atoms with Gasteiger partial charge < -0.3 is 20.3 Å². The first-order chi connectivity index (χ1) is 10.6. The molecule has 134 valence electrons. The zero-order valence-electron chi connectivity index (χ0n) is 15.5. The number of amides is 2. The molecule has 1 aliphatic heterocycles. The molecule has 0 aromatic rings. The van der Waals surface area contributed by atoms with Gasteiger partial charge in [-0.25, -0.2) is 4.79 Å². The first kappa shape index (κ1) is 19.7. The number of nitrogens with zero attached hydrogens (tertiary/aromatic N) is 2. The number of piperidine rings is 1. The topological polar surface area (TPSA) is 75.9 Å². The lowest BCUT2D eigenvalue weighted by Gasteiger charge is -2.40. The van der Waals surface area contributed by atoms with Crippen LogP contribution in [0.2, 0.25) is 0 Å². The first-order valence-electron chi connectivity index (χ1n) is 8.60. The number of carbonyl (C=O) groups is 2. The van der Waals surface area contributed by atoms with E-state index in [1.54, 1.807) is 9.80 Å². The van der Waals surface area contributed by atoms with Gasteiger partial charge in [0.25, 0.3) is 0 Å². The van der Waals surface area contributed by atoms with Crippen molar-refractivity contribution in [1.29, 1.82) is 0 Å². The Hall–Kier alpha value is -1.30. The van der Waals surface area contributed by atoms with Crippen LogP contribution in [0.1, 0.15) is 54.4 Å². The van der Waals surface area contributed by atoms with Crippen LogP contribution in [0, 0.1) is 5.92 Å². The molecule has 0 unspecified atom stereocenters. The van der Waals surface area contributed by atoms with E-state index >= 15 is 0 Å². The van der Waals surface area contributed by atoms with Crippen LogP contribution in [0.15, 0.2) is 0 Å². The maximum Gasteiger partial charge on any atom is 0.410 e. The fourth-order valence-corrected chi connectivity index (χ4v) is 2.76. The fraction of sp³-hybridized carbons (Fsp3) is 0.882. The van der Waals surface area contributed by atoms with Gasteiger partial charge in [0.15, 0.2) is 0 Å². The van der Waals surface area contributed by atoms with Crippen LogP contribution >= 0.6 is 0 Å². The van der Waals surface area contributed by atoms with Crippen molar-refractivity contribution < 1.29 is 14.3 Å². The Kier molecular flexibility index (Phi) is 6.86. The van der Waals surface area contributed by atoms with E-state index in [4.69, 9.17) is 10.5 Å². The van der Waals surface area contributed by atoms with Gasteiger partial charge in [-0.05, 0) is 46.5 Å². The van der Waals surface area contributed by atoms with Crippen LogP contribution in [0.5, 0.6) is 0 Å². The summed E-state index contributed by atoms with van der Waals surface area (Å²) >= 11 is 0. The third-order valence-corrected chi connectivity index (χ3v) is 4.12. The lowest BCUT2D eigenvalue weighted by molar-refractivity contribution is -0.135. The smallest absolute Gasteiger partial charge is 0.410 e. The van der Waals surface area contributed by atoms with E-state index in [1.165, 1.54) is 0 Å². The third kappa shape index (κ3) is 5.68. The Morgan fingerprint density at radius 3 is 2.43 bits per heavy atom. The van der Waals surface area contributed by atoms with E-state index in [-0.39, 0.29) is 24.0 Å². The van der Waals surface area contributed by atoms with Crippen molar-refractivity contribution in [2.75, 3.05) is 19.6 Å². The number of nitrogens with two attached hydrogens (primary N) is 1. The van der Waals surface area contributed by atoms with Crippen molar-refractivity contribution in [3.63, 3.8) is 0 Å². The fourth-order valence-electron chi connectivity index (χ4n) is 2.76. The molecule has 0 aliphatic carbocycles. The molecule has 1 rings (SSSR count). The van der Waals surface area contributed by atoms with E-state index < -0.39 is 11.6 Å². The summed E-state index contributed by atoms with van der Waals surface area (Å²) in [5.74, 6) is 0.0842. The number of likely N-dealkylation sites (N-methyl/N-ethyl adjacent to an activating group) is 1. The second-order valence-electron chi connectivity index (χ2n) is 7.62. The van der Waals surface area contributed by atoms with Gasteiger partial charge in [-0.3, -0.25) is 4.79 Å². The van der Waals surface area contributed by atoms with Crippen molar-refractivity contribution in [2.24, 2.45) is 11.7 Å². The average molecular weight is 327 g/mol. The molecule has 0 aromatic heterocycles. The van der Waals surface area contributed by atoms with E-state index in [0.717, 1.165) is 12.8 Å². The largest absolute Gasteiger partial charge is 0.444 e. The first-order valence-corrected chi connectivity index (χ1v) is 8.60. The molecule has 1 heterocycles. The molecule has 23 heavy (non-hydrogen) atoms. The van der Waals surface area contributed by atoms with E-state index in [9.17, 15) is 9.59 Å². The maximum absolute atomic E-state index is 12.5. The molecule has 2 N–H and O–H groups in total. The highest BCUT2D eigenvalue weighted by atomic mass is 16.6. The van der Waals surface area contributed by atoms with Gasteiger partial charge in [0.05, 0.1) is 12.1 Å². The summed E-state index contributed by atoms with van der Waals surface area (Å²) in [7, 11) is 0. The van der Waals surface area contributed by atoms with Gasteiger partial charge in [-0.2, -0.15) is 0 Å². The molecule has 0 spiro atoms. The van der Waals surface area contributed by atoms with Crippen LogP contribution in [-0.2, 0) is 9.53 Å². The predicted molar refractivity (Wildman–Crippen MR) is 91.0 cm³/mol. The number of hydrogen-bond donors (Lipinski definition) is 1. The Bertz CT molecular complexity index is 418. The van der Waals surface area contributed by atoms with Gasteiger partial charge in [0, 0.05) is 19.6 Å². The van der Waals surface area contributed by atoms with Crippen molar-refractivity contribution in [1.82, 2.24) is 9.80 Å². The van der Waals surface area contributed by atoms with Gasteiger partial charge in [0.1, 0.15) is 5.60 Å². The zero-order chi connectivity index (χ0) is 17.8. The monoisotopic (exact) mass is 327 g/mol. The minimum absolute atomic E-state index is 0.00749. The van der Waals surface area contributed by atoms with Gasteiger partial charge >= 0.3 is 6.09 Å². The zero-order valence-corrected chi connectivity index (χ0v) is 15.5. The second kappa shape index (κ2) is 7.99. The van der Waals surface area contributed by atoms with Crippen molar-refractivity contribution >= 4 is 12.0 Å². The Morgan fingerprint density at radius 2 is 1.96 bits per heavy atom. The van der Waals surface area contributed by atoms with Crippen LogP contribution in [0.25, 0.3) is 0 Å². The normalized spacial score (nSPS) is 20.3. The third-order valence-electron chi connectivity index (χ3n) is 4.12. The molecular weight excluding hydrogens is 294 g/mol. The molecule has 1 fully saturated rings. The van der Waals surface area contributed by atoms with E-state index in [2.05, 4.69) is 0 Å². The quantitative estimate of drug-likeness (QED) is 0.859. The molecule has 0 saturated carbocycles. The van der Waals surface area contributed by atoms with E-state index in [1.807, 2.05) is 41.5 Å². The van der Waals surface area contributed by atoms with Gasteiger partial charge in [-0.1, -0.05) is 13.8 Å². The molecular formula is C17H33N3O3. The highest BCUT2D eigenvalue weighted by Gasteiger charge is 2.33. The summed E-state index contributed by atoms with van der Waals surface area (Å²) in [5, 5.41) is 0. The molecule has 2 atom stereocenters. The maximum atomic E-state index is 12.5. The summed E-state index contributed by atoms with van der Waals surface area (Å²) < 4.78 is 5.48. The molecule has 1 aliphatic rings. The lowest BCUT2D eigenvalue weighted by atomic mass is 10.00. The highest BCUT2D eigenvalue weighted by Crippen LogP contribution is 2.20.